The maximum atomic E-state index is 12.8. The lowest BCUT2D eigenvalue weighted by molar-refractivity contribution is -0.149. The fourth-order valence-electron chi connectivity index (χ4n) is 4.34. The highest BCUT2D eigenvalue weighted by Crippen LogP contribution is 2.28. The molecule has 6 nitrogen and oxygen atoms in total. The van der Waals surface area contributed by atoms with Crippen LogP contribution in [0.1, 0.15) is 32.1 Å². The molecule has 0 bridgehead atoms. The van der Waals surface area contributed by atoms with Crippen molar-refractivity contribution in [3.63, 3.8) is 0 Å². The van der Waals surface area contributed by atoms with Gasteiger partial charge in [0, 0.05) is 26.6 Å². The van der Waals surface area contributed by atoms with Crippen LogP contribution in [0.2, 0.25) is 0 Å². The third-order valence-electron chi connectivity index (χ3n) is 5.65. The van der Waals surface area contributed by atoms with Gasteiger partial charge in [-0.1, -0.05) is 25.0 Å². The molecule has 1 saturated carbocycles. The van der Waals surface area contributed by atoms with E-state index in [1.54, 1.807) is 16.2 Å². The Bertz CT molecular complexity index is 836. The first-order valence-corrected chi connectivity index (χ1v) is 9.22. The van der Waals surface area contributed by atoms with Crippen LogP contribution in [-0.2, 0) is 23.1 Å². The molecule has 1 aromatic heterocycles. The van der Waals surface area contributed by atoms with Gasteiger partial charge in [0.15, 0.2) is 0 Å². The van der Waals surface area contributed by atoms with Crippen molar-refractivity contribution in [1.82, 2.24) is 14.0 Å². The molecule has 134 valence electrons. The van der Waals surface area contributed by atoms with Crippen molar-refractivity contribution in [2.45, 2.75) is 50.8 Å². The molecule has 6 heteroatoms. The minimum Gasteiger partial charge on any atom is -0.374 e. The van der Waals surface area contributed by atoms with Gasteiger partial charge < -0.3 is 9.64 Å². The van der Waals surface area contributed by atoms with Gasteiger partial charge in [0.05, 0.1) is 29.8 Å². The highest BCUT2D eigenvalue weighted by atomic mass is 16.5. The SMILES string of the molecule is Cn1c(=O)n(CCC(=O)N2CCO[C@@H]3CCCC[C@H]32)c2ccccc21. The number of hydrogen-bond acceptors (Lipinski definition) is 3. The van der Waals surface area contributed by atoms with E-state index in [9.17, 15) is 9.59 Å². The minimum absolute atomic E-state index is 0.0634. The van der Waals surface area contributed by atoms with Crippen molar-refractivity contribution in [2.75, 3.05) is 13.2 Å². The van der Waals surface area contributed by atoms with Crippen LogP contribution in [0, 0.1) is 0 Å². The topological polar surface area (TPSA) is 56.5 Å². The summed E-state index contributed by atoms with van der Waals surface area (Å²) in [5, 5.41) is 0. The van der Waals surface area contributed by atoms with Crippen molar-refractivity contribution in [1.29, 1.82) is 0 Å². The quantitative estimate of drug-likeness (QED) is 0.855. The van der Waals surface area contributed by atoms with E-state index in [0.29, 0.717) is 26.1 Å². The molecule has 0 N–H and O–H groups in total. The second-order valence-electron chi connectivity index (χ2n) is 7.08. The van der Waals surface area contributed by atoms with Crippen molar-refractivity contribution in [2.24, 2.45) is 7.05 Å². The number of imidazole rings is 1. The van der Waals surface area contributed by atoms with Crippen LogP contribution in [-0.4, -0.2) is 45.2 Å². The van der Waals surface area contributed by atoms with Gasteiger partial charge in [-0.15, -0.1) is 0 Å². The number of carbonyl (C=O) groups is 1. The number of ether oxygens (including phenoxy) is 1. The molecule has 1 aromatic carbocycles. The van der Waals surface area contributed by atoms with Crippen molar-refractivity contribution < 1.29 is 9.53 Å². The molecule has 0 spiro atoms. The second-order valence-corrected chi connectivity index (χ2v) is 7.08. The molecule has 2 atom stereocenters. The Kier molecular flexibility index (Phi) is 4.37. The van der Waals surface area contributed by atoms with Crippen LogP contribution >= 0.6 is 0 Å². The molecule has 1 aliphatic carbocycles. The summed E-state index contributed by atoms with van der Waals surface area (Å²) in [5.41, 5.74) is 1.73. The van der Waals surface area contributed by atoms with Gasteiger partial charge in [-0.3, -0.25) is 13.9 Å². The van der Waals surface area contributed by atoms with Crippen molar-refractivity contribution in [3.8, 4) is 0 Å². The van der Waals surface area contributed by atoms with Gasteiger partial charge in [0.25, 0.3) is 0 Å². The Morgan fingerprint density at radius 1 is 1.20 bits per heavy atom. The van der Waals surface area contributed by atoms with Gasteiger partial charge in [-0.2, -0.15) is 0 Å². The number of carbonyl (C=O) groups excluding carboxylic acids is 1. The molecule has 1 amide bonds. The first kappa shape index (κ1) is 16.4. The lowest BCUT2D eigenvalue weighted by Gasteiger charge is -2.43. The van der Waals surface area contributed by atoms with Gasteiger partial charge in [-0.05, 0) is 25.0 Å². The molecule has 2 fully saturated rings. The number of morpholine rings is 1. The average molecular weight is 343 g/mol. The number of benzene rings is 1. The van der Waals surface area contributed by atoms with Crippen LogP contribution < -0.4 is 5.69 Å². The molecule has 1 aliphatic heterocycles. The maximum Gasteiger partial charge on any atom is 0.328 e. The predicted octanol–water partition coefficient (Wildman–Crippen LogP) is 1.90. The molecule has 1 saturated heterocycles. The van der Waals surface area contributed by atoms with E-state index in [0.717, 1.165) is 30.3 Å². The van der Waals surface area contributed by atoms with Gasteiger partial charge in [0.2, 0.25) is 5.91 Å². The Morgan fingerprint density at radius 2 is 1.96 bits per heavy atom. The number of fused-ring (bicyclic) bond motifs is 2. The van der Waals surface area contributed by atoms with E-state index < -0.39 is 0 Å². The number of nitrogens with zero attached hydrogens (tertiary/aromatic N) is 3. The highest BCUT2D eigenvalue weighted by molar-refractivity contribution is 5.78. The van der Waals surface area contributed by atoms with Gasteiger partial charge in [0.1, 0.15) is 0 Å². The molecule has 0 radical (unpaired) electrons. The lowest BCUT2D eigenvalue weighted by Crippen LogP contribution is -2.55. The summed E-state index contributed by atoms with van der Waals surface area (Å²) >= 11 is 0. The van der Waals surface area contributed by atoms with Crippen LogP contribution in [0.4, 0.5) is 0 Å². The average Bonchev–Trinajstić information content (AvgIpc) is 2.90. The number of rotatable bonds is 3. The summed E-state index contributed by atoms with van der Waals surface area (Å²) in [6.07, 6.45) is 5.00. The third-order valence-corrected chi connectivity index (χ3v) is 5.65. The smallest absolute Gasteiger partial charge is 0.328 e. The standard InChI is InChI=1S/C19H25N3O3/c1-20-14-6-2-3-7-15(14)22(19(20)24)11-10-18(23)21-12-13-25-17-9-5-4-8-16(17)21/h2-3,6-7,16-17H,4-5,8-13H2,1H3/t16-,17-/m1/s1. The maximum absolute atomic E-state index is 12.8. The monoisotopic (exact) mass is 343 g/mol. The van der Waals surface area contributed by atoms with Crippen LogP contribution in [0.5, 0.6) is 0 Å². The largest absolute Gasteiger partial charge is 0.374 e. The number of aryl methyl sites for hydroxylation is 2. The number of amides is 1. The zero-order valence-corrected chi connectivity index (χ0v) is 14.7. The molecule has 0 unspecified atom stereocenters. The van der Waals surface area contributed by atoms with Crippen molar-refractivity contribution in [3.05, 3.63) is 34.7 Å². The van der Waals surface area contributed by atoms with Gasteiger partial charge >= 0.3 is 5.69 Å². The first-order chi connectivity index (χ1) is 12.2. The summed E-state index contributed by atoms with van der Waals surface area (Å²) in [5.74, 6) is 0.139. The second kappa shape index (κ2) is 6.67. The third kappa shape index (κ3) is 2.88. The fourth-order valence-corrected chi connectivity index (χ4v) is 4.34. The molecular formula is C19H25N3O3. The van der Waals surface area contributed by atoms with E-state index >= 15 is 0 Å². The van der Waals surface area contributed by atoms with Crippen molar-refractivity contribution >= 4 is 16.9 Å². The Morgan fingerprint density at radius 3 is 2.80 bits per heavy atom. The Labute approximate surface area is 147 Å². The van der Waals surface area contributed by atoms with E-state index in [-0.39, 0.29) is 23.7 Å². The van der Waals surface area contributed by atoms with E-state index in [4.69, 9.17) is 4.74 Å². The van der Waals surface area contributed by atoms with Crippen LogP contribution in [0.25, 0.3) is 11.0 Å². The first-order valence-electron chi connectivity index (χ1n) is 9.22. The van der Waals surface area contributed by atoms with E-state index in [1.165, 1.54) is 6.42 Å². The minimum atomic E-state index is -0.0634. The number of para-hydroxylation sites is 2. The molecule has 4 rings (SSSR count). The van der Waals surface area contributed by atoms with Crippen LogP contribution in [0.15, 0.2) is 29.1 Å². The molecule has 25 heavy (non-hydrogen) atoms. The molecule has 2 aliphatic rings. The summed E-state index contributed by atoms with van der Waals surface area (Å²) in [4.78, 5) is 27.3. The Hall–Kier alpha value is -2.08. The van der Waals surface area contributed by atoms with Gasteiger partial charge in [-0.25, -0.2) is 4.79 Å². The molecule has 2 heterocycles. The van der Waals surface area contributed by atoms with E-state index in [1.807, 2.05) is 29.2 Å². The van der Waals surface area contributed by atoms with Crippen LogP contribution in [0.3, 0.4) is 0 Å². The number of aromatic nitrogens is 2. The number of hydrogen-bond donors (Lipinski definition) is 0. The summed E-state index contributed by atoms with van der Waals surface area (Å²) in [7, 11) is 1.78. The summed E-state index contributed by atoms with van der Waals surface area (Å²) in [6, 6.07) is 7.94. The zero-order valence-electron chi connectivity index (χ0n) is 14.7. The molecular weight excluding hydrogens is 318 g/mol. The summed E-state index contributed by atoms with van der Waals surface area (Å²) in [6.45, 7) is 1.72. The predicted molar refractivity (Wildman–Crippen MR) is 95.5 cm³/mol. The zero-order chi connectivity index (χ0) is 17.4. The van der Waals surface area contributed by atoms with E-state index in [2.05, 4.69) is 0 Å². The highest BCUT2D eigenvalue weighted by Gasteiger charge is 2.36. The molecule has 2 aromatic rings. The Balaban J connectivity index is 1.51. The lowest BCUT2D eigenvalue weighted by atomic mass is 9.90. The summed E-state index contributed by atoms with van der Waals surface area (Å²) < 4.78 is 9.21. The fraction of sp³-hybridized carbons (Fsp3) is 0.579. The normalized spacial score (nSPS) is 23.6.